The van der Waals surface area contributed by atoms with Crippen LogP contribution in [0, 0.1) is 0 Å². The Bertz CT molecular complexity index is 1040. The zero-order valence-corrected chi connectivity index (χ0v) is 17.7. The van der Waals surface area contributed by atoms with Gasteiger partial charge in [0.25, 0.3) is 0 Å². The molecule has 3 rings (SSSR count). The molecule has 1 heterocycles. The number of hydrogen-bond acceptors (Lipinski definition) is 4. The molecule has 1 amide bonds. The number of carbonyl (C=O) groups is 1. The molecule has 8 heteroatoms. The molecule has 1 aromatic heterocycles. The molecule has 5 nitrogen and oxygen atoms in total. The van der Waals surface area contributed by atoms with Gasteiger partial charge < -0.3 is 19.0 Å². The Morgan fingerprint density at radius 1 is 1.10 bits per heavy atom. The molecule has 0 saturated carbocycles. The fourth-order valence-corrected chi connectivity index (χ4v) is 3.28. The molecule has 3 aromatic rings. The van der Waals surface area contributed by atoms with E-state index in [9.17, 15) is 18.0 Å². The summed E-state index contributed by atoms with van der Waals surface area (Å²) in [5.74, 6) is 0.467. The molecule has 0 atom stereocenters. The Hall–Kier alpha value is -3.00. The zero-order valence-electron chi connectivity index (χ0n) is 17.7. The van der Waals surface area contributed by atoms with Gasteiger partial charge in [0.15, 0.2) is 0 Å². The molecule has 0 bridgehead atoms. The summed E-state index contributed by atoms with van der Waals surface area (Å²) in [5.41, 5.74) is 1.05. The van der Waals surface area contributed by atoms with E-state index in [0.717, 1.165) is 23.1 Å². The number of amides is 1. The summed E-state index contributed by atoms with van der Waals surface area (Å²) in [7, 11) is 5.32. The van der Waals surface area contributed by atoms with Crippen molar-refractivity contribution in [3.63, 3.8) is 0 Å². The topological polar surface area (TPSA) is 45.9 Å². The SMILES string of the molecule is COc1ccc2c(CC(=O)N(CCN(C)C)Cc3cccc(C(F)(F)F)c3)coc2c1. The van der Waals surface area contributed by atoms with E-state index in [1.807, 2.05) is 25.1 Å². The average molecular weight is 434 g/mol. The predicted octanol–water partition coefficient (Wildman–Crippen LogP) is 4.59. The molecule has 0 aliphatic heterocycles. The molecule has 2 aromatic carbocycles. The Morgan fingerprint density at radius 2 is 1.87 bits per heavy atom. The normalized spacial score (nSPS) is 11.8. The van der Waals surface area contributed by atoms with Gasteiger partial charge in [-0.25, -0.2) is 0 Å². The Kier molecular flexibility index (Phi) is 6.90. The Labute approximate surface area is 179 Å². The third-order valence-corrected chi connectivity index (χ3v) is 5.00. The first-order valence-electron chi connectivity index (χ1n) is 9.80. The molecule has 0 aliphatic rings. The minimum atomic E-state index is -4.43. The lowest BCUT2D eigenvalue weighted by Crippen LogP contribution is -2.37. The Balaban J connectivity index is 1.81. The van der Waals surface area contributed by atoms with Crippen molar-refractivity contribution in [3.8, 4) is 5.75 Å². The molecule has 166 valence electrons. The quantitative estimate of drug-likeness (QED) is 0.520. The molecule has 0 saturated heterocycles. The highest BCUT2D eigenvalue weighted by Crippen LogP contribution is 2.30. The third-order valence-electron chi connectivity index (χ3n) is 5.00. The lowest BCUT2D eigenvalue weighted by molar-refractivity contribution is -0.137. The minimum Gasteiger partial charge on any atom is -0.497 e. The van der Waals surface area contributed by atoms with Crippen LogP contribution in [-0.2, 0) is 23.9 Å². The van der Waals surface area contributed by atoms with E-state index in [1.54, 1.807) is 30.2 Å². The van der Waals surface area contributed by atoms with Crippen LogP contribution in [0.2, 0.25) is 0 Å². The molecular weight excluding hydrogens is 409 g/mol. The van der Waals surface area contributed by atoms with Gasteiger partial charge in [-0.05, 0) is 43.9 Å². The molecule has 0 N–H and O–H groups in total. The summed E-state index contributed by atoms with van der Waals surface area (Å²) in [6.45, 7) is 1.08. The van der Waals surface area contributed by atoms with E-state index < -0.39 is 11.7 Å². The molecule has 0 spiro atoms. The van der Waals surface area contributed by atoms with Crippen molar-refractivity contribution in [1.29, 1.82) is 0 Å². The summed E-state index contributed by atoms with van der Waals surface area (Å²) < 4.78 is 49.9. The lowest BCUT2D eigenvalue weighted by atomic mass is 10.1. The first-order valence-corrected chi connectivity index (χ1v) is 9.80. The number of methoxy groups -OCH3 is 1. The maximum absolute atomic E-state index is 13.1. The van der Waals surface area contributed by atoms with Crippen LogP contribution in [0.1, 0.15) is 16.7 Å². The van der Waals surface area contributed by atoms with Gasteiger partial charge in [0.05, 0.1) is 25.4 Å². The van der Waals surface area contributed by atoms with E-state index >= 15 is 0 Å². The highest BCUT2D eigenvalue weighted by atomic mass is 19.4. The van der Waals surface area contributed by atoms with E-state index in [2.05, 4.69) is 0 Å². The third kappa shape index (κ3) is 5.79. The second kappa shape index (κ2) is 9.43. The molecule has 0 fully saturated rings. The van der Waals surface area contributed by atoms with Crippen molar-refractivity contribution in [2.24, 2.45) is 0 Å². The number of ether oxygens (including phenoxy) is 1. The molecule has 0 radical (unpaired) electrons. The van der Waals surface area contributed by atoms with Crippen molar-refractivity contribution in [2.45, 2.75) is 19.1 Å². The summed E-state index contributed by atoms with van der Waals surface area (Å²) in [6, 6.07) is 10.5. The molecule has 0 unspecified atom stereocenters. The standard InChI is InChI=1S/C23H25F3N2O3/c1-27(2)9-10-28(14-16-5-4-6-18(11-16)23(24,25)26)22(29)12-17-15-31-21-13-19(30-3)7-8-20(17)21/h4-8,11,13,15H,9-10,12,14H2,1-3H3. The summed E-state index contributed by atoms with van der Waals surface area (Å²) in [4.78, 5) is 16.6. The number of fused-ring (bicyclic) bond motifs is 1. The van der Waals surface area contributed by atoms with Gasteiger partial charge in [0.2, 0.25) is 5.91 Å². The first-order chi connectivity index (χ1) is 14.7. The van der Waals surface area contributed by atoms with Crippen molar-refractivity contribution in [2.75, 3.05) is 34.3 Å². The minimum absolute atomic E-state index is 0.0890. The number of carbonyl (C=O) groups excluding carboxylic acids is 1. The average Bonchev–Trinajstić information content (AvgIpc) is 3.12. The summed E-state index contributed by atoms with van der Waals surface area (Å²) in [5, 5.41) is 0.806. The van der Waals surface area contributed by atoms with Crippen LogP contribution >= 0.6 is 0 Å². The second-order valence-corrected chi connectivity index (χ2v) is 7.62. The number of hydrogen-bond donors (Lipinski definition) is 0. The number of halogens is 3. The number of nitrogens with zero attached hydrogens (tertiary/aromatic N) is 2. The highest BCUT2D eigenvalue weighted by molar-refractivity contribution is 5.88. The van der Waals surface area contributed by atoms with Crippen molar-refractivity contribution in [1.82, 2.24) is 9.80 Å². The lowest BCUT2D eigenvalue weighted by Gasteiger charge is -2.25. The summed E-state index contributed by atoms with van der Waals surface area (Å²) in [6.07, 6.45) is -2.80. The highest BCUT2D eigenvalue weighted by Gasteiger charge is 2.30. The smallest absolute Gasteiger partial charge is 0.416 e. The second-order valence-electron chi connectivity index (χ2n) is 7.62. The van der Waals surface area contributed by atoms with Gasteiger partial charge in [-0.2, -0.15) is 13.2 Å². The monoisotopic (exact) mass is 434 g/mol. The maximum atomic E-state index is 13.1. The van der Waals surface area contributed by atoms with E-state index in [1.165, 1.54) is 12.3 Å². The van der Waals surface area contributed by atoms with Crippen molar-refractivity contribution >= 4 is 16.9 Å². The molecular formula is C23H25F3N2O3. The molecule has 31 heavy (non-hydrogen) atoms. The van der Waals surface area contributed by atoms with Crippen LogP contribution in [0.4, 0.5) is 13.2 Å². The van der Waals surface area contributed by atoms with Crippen LogP contribution in [0.3, 0.4) is 0 Å². The van der Waals surface area contributed by atoms with Crippen LogP contribution in [0.5, 0.6) is 5.75 Å². The largest absolute Gasteiger partial charge is 0.497 e. The van der Waals surface area contributed by atoms with E-state index in [0.29, 0.717) is 30.0 Å². The molecule has 0 aliphatic carbocycles. The first kappa shape index (κ1) is 22.7. The van der Waals surface area contributed by atoms with E-state index in [-0.39, 0.29) is 18.9 Å². The van der Waals surface area contributed by atoms with Gasteiger partial charge in [0.1, 0.15) is 11.3 Å². The fourth-order valence-electron chi connectivity index (χ4n) is 3.28. The number of alkyl halides is 3. The fraction of sp³-hybridized carbons (Fsp3) is 0.348. The van der Waals surface area contributed by atoms with Gasteiger partial charge in [0, 0.05) is 36.7 Å². The Morgan fingerprint density at radius 3 is 2.55 bits per heavy atom. The van der Waals surface area contributed by atoms with Gasteiger partial charge >= 0.3 is 6.18 Å². The zero-order chi connectivity index (χ0) is 22.6. The number of benzene rings is 2. The van der Waals surface area contributed by atoms with Gasteiger partial charge in [-0.1, -0.05) is 12.1 Å². The number of rotatable bonds is 8. The van der Waals surface area contributed by atoms with Crippen LogP contribution in [0.15, 0.2) is 53.1 Å². The van der Waals surface area contributed by atoms with Crippen LogP contribution in [-0.4, -0.2) is 50.0 Å². The van der Waals surface area contributed by atoms with Crippen molar-refractivity contribution < 1.29 is 27.1 Å². The predicted molar refractivity (Wildman–Crippen MR) is 112 cm³/mol. The number of furan rings is 1. The van der Waals surface area contributed by atoms with Crippen LogP contribution in [0.25, 0.3) is 11.0 Å². The van der Waals surface area contributed by atoms with E-state index in [4.69, 9.17) is 9.15 Å². The maximum Gasteiger partial charge on any atom is 0.416 e. The van der Waals surface area contributed by atoms with Crippen molar-refractivity contribution in [3.05, 3.63) is 65.4 Å². The summed E-state index contributed by atoms with van der Waals surface area (Å²) >= 11 is 0. The van der Waals surface area contributed by atoms with Gasteiger partial charge in [-0.3, -0.25) is 4.79 Å². The number of likely N-dealkylation sites (N-methyl/N-ethyl adjacent to an activating group) is 1. The van der Waals surface area contributed by atoms with Gasteiger partial charge in [-0.15, -0.1) is 0 Å². The van der Waals surface area contributed by atoms with Crippen LogP contribution < -0.4 is 4.74 Å².